The number of benzene rings is 2. The van der Waals surface area contributed by atoms with E-state index in [0.29, 0.717) is 24.0 Å². The maximum Gasteiger partial charge on any atom is 0.223 e. The Morgan fingerprint density at radius 3 is 2.62 bits per heavy atom. The van der Waals surface area contributed by atoms with Crippen LogP contribution in [-0.2, 0) is 21.2 Å². The molecule has 9 heteroatoms. The Balaban J connectivity index is 1.32. The van der Waals surface area contributed by atoms with Crippen LogP contribution in [0.25, 0.3) is 10.8 Å². The van der Waals surface area contributed by atoms with Crippen molar-refractivity contribution in [3.8, 4) is 0 Å². The number of likely N-dealkylation sites (tertiary alicyclic amines) is 1. The molecular weight excluding hydrogens is 466 g/mol. The van der Waals surface area contributed by atoms with Gasteiger partial charge >= 0.3 is 0 Å². The second-order valence-electron chi connectivity index (χ2n) is 8.11. The Labute approximate surface area is 197 Å². The van der Waals surface area contributed by atoms with E-state index in [9.17, 15) is 13.2 Å². The van der Waals surface area contributed by atoms with Crippen molar-refractivity contribution in [1.29, 1.82) is 0 Å². The van der Waals surface area contributed by atoms with Crippen molar-refractivity contribution in [3.05, 3.63) is 57.8 Å². The molecule has 32 heavy (non-hydrogen) atoms. The fourth-order valence-electron chi connectivity index (χ4n) is 4.15. The second-order valence-corrected chi connectivity index (χ2v) is 11.5. The van der Waals surface area contributed by atoms with Crippen molar-refractivity contribution < 1.29 is 13.2 Å². The molecule has 0 aliphatic carbocycles. The van der Waals surface area contributed by atoms with Gasteiger partial charge in [0.15, 0.2) is 14.6 Å². The van der Waals surface area contributed by atoms with Gasteiger partial charge in [-0.3, -0.25) is 9.79 Å². The van der Waals surface area contributed by atoms with Crippen LogP contribution in [-0.4, -0.2) is 49.7 Å². The summed E-state index contributed by atoms with van der Waals surface area (Å²) in [5.41, 5.74) is 0. The molecular formula is C23H26ClN3O3S2. The average Bonchev–Trinajstić information content (AvgIpc) is 3.24. The summed E-state index contributed by atoms with van der Waals surface area (Å²) in [5.74, 6) is 0.220. The van der Waals surface area contributed by atoms with E-state index < -0.39 is 9.84 Å². The molecule has 0 atom stereocenters. The zero-order chi connectivity index (χ0) is 22.7. The van der Waals surface area contributed by atoms with Gasteiger partial charge in [0, 0.05) is 49.7 Å². The molecule has 1 aliphatic heterocycles. The fourth-order valence-corrected chi connectivity index (χ4v) is 6.29. The molecule has 1 aliphatic rings. The summed E-state index contributed by atoms with van der Waals surface area (Å²) in [4.78, 5) is 20.0. The summed E-state index contributed by atoms with van der Waals surface area (Å²) in [6, 6.07) is 10.3. The third kappa shape index (κ3) is 5.24. The maximum atomic E-state index is 12.8. The SMILES string of the molecule is C/N=c1\sccn1CC1CCN(C(=O)CCS(=O)(=O)c2ccc3cc(Cl)ccc3c2)CC1. The smallest absolute Gasteiger partial charge is 0.223 e. The predicted octanol–water partition coefficient (Wildman–Crippen LogP) is 3.99. The number of rotatable bonds is 6. The zero-order valence-electron chi connectivity index (χ0n) is 17.9. The van der Waals surface area contributed by atoms with Gasteiger partial charge < -0.3 is 9.47 Å². The summed E-state index contributed by atoms with van der Waals surface area (Å²) in [6.45, 7) is 2.24. The average molecular weight is 492 g/mol. The number of hydrogen-bond acceptors (Lipinski definition) is 5. The third-order valence-corrected chi connectivity index (χ3v) is 8.83. The van der Waals surface area contributed by atoms with Crippen LogP contribution in [0.5, 0.6) is 0 Å². The first-order valence-corrected chi connectivity index (χ1v) is 13.5. The second kappa shape index (κ2) is 9.77. The van der Waals surface area contributed by atoms with Crippen molar-refractivity contribution in [1.82, 2.24) is 9.47 Å². The number of sulfone groups is 1. The van der Waals surface area contributed by atoms with E-state index in [0.717, 1.165) is 35.0 Å². The van der Waals surface area contributed by atoms with Crippen LogP contribution in [0, 0.1) is 5.92 Å². The maximum absolute atomic E-state index is 12.8. The number of fused-ring (bicyclic) bond motifs is 1. The Kier molecular flexibility index (Phi) is 7.02. The number of amides is 1. The highest BCUT2D eigenvalue weighted by molar-refractivity contribution is 7.91. The first-order valence-electron chi connectivity index (χ1n) is 10.6. The van der Waals surface area contributed by atoms with Crippen LogP contribution in [0.3, 0.4) is 0 Å². The predicted molar refractivity (Wildman–Crippen MR) is 129 cm³/mol. The number of carbonyl (C=O) groups is 1. The van der Waals surface area contributed by atoms with E-state index in [4.69, 9.17) is 11.6 Å². The molecule has 1 saturated heterocycles. The molecule has 1 amide bonds. The minimum atomic E-state index is -3.54. The van der Waals surface area contributed by atoms with Crippen LogP contribution in [0.15, 0.2) is 57.9 Å². The van der Waals surface area contributed by atoms with Crippen molar-refractivity contribution in [2.24, 2.45) is 10.9 Å². The number of hydrogen-bond donors (Lipinski definition) is 0. The molecule has 0 saturated carbocycles. The summed E-state index contributed by atoms with van der Waals surface area (Å²) in [6.07, 6.45) is 3.88. The van der Waals surface area contributed by atoms with Gasteiger partial charge in [0.2, 0.25) is 5.91 Å². The standard InChI is InChI=1S/C23H26ClN3O3S2/c1-25-23-27(11-12-31-23)16-17-6-9-26(10-7-17)22(28)8-13-32(29,30)21-5-3-18-14-20(24)4-2-19(18)15-21/h2-5,11-12,14-15,17H,6-10,13,16H2,1H3/b25-23-. The zero-order valence-corrected chi connectivity index (χ0v) is 20.3. The monoisotopic (exact) mass is 491 g/mol. The summed E-state index contributed by atoms with van der Waals surface area (Å²) < 4.78 is 27.8. The van der Waals surface area contributed by atoms with Gasteiger partial charge in [-0.2, -0.15) is 0 Å². The quantitative estimate of drug-likeness (QED) is 0.523. The molecule has 4 rings (SSSR count). The molecule has 0 unspecified atom stereocenters. The minimum absolute atomic E-state index is 0.00377. The van der Waals surface area contributed by atoms with Crippen LogP contribution in [0.2, 0.25) is 5.02 Å². The number of aromatic nitrogens is 1. The molecule has 0 radical (unpaired) electrons. The van der Waals surface area contributed by atoms with E-state index >= 15 is 0 Å². The summed E-state index contributed by atoms with van der Waals surface area (Å²) >= 11 is 7.62. The largest absolute Gasteiger partial charge is 0.343 e. The Morgan fingerprint density at radius 2 is 1.88 bits per heavy atom. The van der Waals surface area contributed by atoms with Crippen LogP contribution < -0.4 is 4.80 Å². The van der Waals surface area contributed by atoms with Crippen LogP contribution in [0.1, 0.15) is 19.3 Å². The number of thiazole rings is 1. The molecule has 1 aromatic heterocycles. The third-order valence-electron chi connectivity index (χ3n) is 5.99. The van der Waals surface area contributed by atoms with E-state index in [1.54, 1.807) is 59.7 Å². The molecule has 0 bridgehead atoms. The van der Waals surface area contributed by atoms with Gasteiger partial charge in [0.25, 0.3) is 0 Å². The minimum Gasteiger partial charge on any atom is -0.343 e. The lowest BCUT2D eigenvalue weighted by Gasteiger charge is -2.32. The number of piperidine rings is 1. The van der Waals surface area contributed by atoms with Crippen molar-refractivity contribution in [2.75, 3.05) is 25.9 Å². The summed E-state index contributed by atoms with van der Waals surface area (Å²) in [5, 5.41) is 4.34. The molecule has 0 spiro atoms. The molecule has 0 N–H and O–H groups in total. The number of carbonyl (C=O) groups excluding carboxylic acids is 1. The van der Waals surface area contributed by atoms with Gasteiger partial charge in [-0.1, -0.05) is 23.7 Å². The van der Waals surface area contributed by atoms with Gasteiger partial charge in [0.05, 0.1) is 10.6 Å². The molecule has 170 valence electrons. The molecule has 2 aromatic carbocycles. The Hall–Kier alpha value is -2.16. The molecule has 3 aromatic rings. The molecule has 1 fully saturated rings. The Morgan fingerprint density at radius 1 is 1.16 bits per heavy atom. The van der Waals surface area contributed by atoms with Crippen LogP contribution >= 0.6 is 22.9 Å². The van der Waals surface area contributed by atoms with Crippen molar-refractivity contribution in [2.45, 2.75) is 30.7 Å². The van der Waals surface area contributed by atoms with Gasteiger partial charge in [-0.15, -0.1) is 11.3 Å². The fraction of sp³-hybridized carbons (Fsp3) is 0.391. The van der Waals surface area contributed by atoms with Gasteiger partial charge in [0.1, 0.15) is 0 Å². The normalized spacial score (nSPS) is 16.1. The lowest BCUT2D eigenvalue weighted by molar-refractivity contribution is -0.132. The van der Waals surface area contributed by atoms with Crippen molar-refractivity contribution in [3.63, 3.8) is 0 Å². The van der Waals surface area contributed by atoms with Gasteiger partial charge in [-0.25, -0.2) is 8.42 Å². The highest BCUT2D eigenvalue weighted by Crippen LogP contribution is 2.24. The Bertz CT molecular complexity index is 1290. The topological polar surface area (TPSA) is 71.7 Å². The lowest BCUT2D eigenvalue weighted by atomic mass is 9.96. The molecule has 2 heterocycles. The van der Waals surface area contributed by atoms with E-state index in [1.807, 2.05) is 5.38 Å². The van der Waals surface area contributed by atoms with E-state index in [2.05, 4.69) is 15.8 Å². The lowest BCUT2D eigenvalue weighted by Crippen LogP contribution is -2.40. The molecule has 6 nitrogen and oxygen atoms in total. The highest BCUT2D eigenvalue weighted by Gasteiger charge is 2.25. The van der Waals surface area contributed by atoms with E-state index in [-0.39, 0.29) is 23.0 Å². The van der Waals surface area contributed by atoms with Gasteiger partial charge in [-0.05, 0) is 53.8 Å². The first-order chi connectivity index (χ1) is 15.4. The van der Waals surface area contributed by atoms with Crippen LogP contribution in [0.4, 0.5) is 0 Å². The van der Waals surface area contributed by atoms with Crippen molar-refractivity contribution >= 4 is 49.5 Å². The summed E-state index contributed by atoms with van der Waals surface area (Å²) in [7, 11) is -1.74. The number of nitrogens with zero attached hydrogens (tertiary/aromatic N) is 3. The number of halogens is 1. The highest BCUT2D eigenvalue weighted by atomic mass is 35.5. The van der Waals surface area contributed by atoms with E-state index in [1.165, 1.54) is 0 Å². The first kappa shape index (κ1) is 23.0.